The van der Waals surface area contributed by atoms with Crippen molar-refractivity contribution in [2.75, 3.05) is 31.2 Å². The van der Waals surface area contributed by atoms with Crippen LogP contribution in [0.3, 0.4) is 0 Å². The van der Waals surface area contributed by atoms with Crippen molar-refractivity contribution >= 4 is 27.5 Å². The van der Waals surface area contributed by atoms with Crippen LogP contribution in [-0.2, 0) is 4.74 Å². The minimum atomic E-state index is -0.211. The lowest BCUT2D eigenvalue weighted by atomic mass is 10.1. The maximum atomic E-state index is 9.18. The second-order valence-corrected chi connectivity index (χ2v) is 5.18. The van der Waals surface area contributed by atoms with E-state index in [2.05, 4.69) is 26.0 Å². The van der Waals surface area contributed by atoms with E-state index in [9.17, 15) is 5.11 Å². The quantitative estimate of drug-likeness (QED) is 0.329. The zero-order valence-electron chi connectivity index (χ0n) is 10.3. The Morgan fingerprint density at radius 3 is 3.05 bits per heavy atom. The van der Waals surface area contributed by atoms with Crippen molar-refractivity contribution < 1.29 is 15.1 Å². The average Bonchev–Trinajstić information content (AvgIpc) is 2.46. The molecule has 1 aromatic carbocycles. The van der Waals surface area contributed by atoms with E-state index in [4.69, 9.17) is 15.7 Å². The van der Waals surface area contributed by atoms with Crippen molar-refractivity contribution in [3.05, 3.63) is 28.2 Å². The van der Waals surface area contributed by atoms with Gasteiger partial charge in [-0.05, 0) is 18.2 Å². The van der Waals surface area contributed by atoms with Crippen LogP contribution in [-0.4, -0.2) is 48.6 Å². The lowest BCUT2D eigenvalue weighted by Gasteiger charge is -2.34. The zero-order chi connectivity index (χ0) is 13.8. The van der Waals surface area contributed by atoms with Gasteiger partial charge in [-0.25, -0.2) is 0 Å². The Kier molecular flexibility index (Phi) is 4.62. The molecule has 0 radical (unpaired) electrons. The third-order valence-corrected chi connectivity index (χ3v) is 3.52. The number of aliphatic hydroxyl groups excluding tert-OH is 1. The molecule has 1 unspecified atom stereocenters. The highest BCUT2D eigenvalue weighted by molar-refractivity contribution is 9.10. The van der Waals surface area contributed by atoms with Gasteiger partial charge in [0.2, 0.25) is 0 Å². The number of amidine groups is 1. The summed E-state index contributed by atoms with van der Waals surface area (Å²) in [6, 6.07) is 5.60. The second kappa shape index (κ2) is 6.23. The molecule has 2 rings (SSSR count). The van der Waals surface area contributed by atoms with Gasteiger partial charge in [-0.2, -0.15) is 0 Å². The highest BCUT2D eigenvalue weighted by Gasteiger charge is 2.22. The molecule has 1 aromatic rings. The summed E-state index contributed by atoms with van der Waals surface area (Å²) in [6.07, 6.45) is -0.211. The Balaban J connectivity index is 2.33. The molecular formula is C12H16BrN3O3. The Labute approximate surface area is 119 Å². The Bertz CT molecular complexity index is 481. The number of oxime groups is 1. The molecule has 19 heavy (non-hydrogen) atoms. The van der Waals surface area contributed by atoms with Gasteiger partial charge in [0.1, 0.15) is 0 Å². The normalized spacial score (nSPS) is 20.6. The fourth-order valence-electron chi connectivity index (χ4n) is 2.09. The first-order valence-corrected chi connectivity index (χ1v) is 6.70. The van der Waals surface area contributed by atoms with Crippen LogP contribution in [0.15, 0.2) is 27.8 Å². The third kappa shape index (κ3) is 3.17. The van der Waals surface area contributed by atoms with Gasteiger partial charge in [-0.1, -0.05) is 21.1 Å². The van der Waals surface area contributed by atoms with Crippen molar-refractivity contribution in [2.45, 2.75) is 6.10 Å². The number of nitrogens with two attached hydrogens (primary N) is 1. The number of halogens is 1. The predicted molar refractivity (Wildman–Crippen MR) is 75.7 cm³/mol. The highest BCUT2D eigenvalue weighted by atomic mass is 79.9. The molecule has 6 nitrogen and oxygen atoms in total. The summed E-state index contributed by atoms with van der Waals surface area (Å²) in [5, 5.41) is 21.1. The van der Waals surface area contributed by atoms with E-state index in [-0.39, 0.29) is 18.5 Å². The number of benzene rings is 1. The molecular weight excluding hydrogens is 314 g/mol. The SMILES string of the molecule is N/C(=N/O)c1cc(Br)ccc1N1CCOC(CO)C1. The number of hydrogen-bond donors (Lipinski definition) is 3. The molecule has 1 saturated heterocycles. The van der Waals surface area contributed by atoms with Gasteiger partial charge in [0, 0.05) is 28.8 Å². The largest absolute Gasteiger partial charge is 0.409 e. The minimum absolute atomic E-state index is 0.0219. The molecule has 4 N–H and O–H groups in total. The number of ether oxygens (including phenoxy) is 1. The maximum Gasteiger partial charge on any atom is 0.172 e. The van der Waals surface area contributed by atoms with Crippen LogP contribution in [0.25, 0.3) is 0 Å². The lowest BCUT2D eigenvalue weighted by molar-refractivity contribution is 0.00356. The van der Waals surface area contributed by atoms with Crippen LogP contribution < -0.4 is 10.6 Å². The molecule has 0 bridgehead atoms. The van der Waals surface area contributed by atoms with E-state index in [0.29, 0.717) is 25.3 Å². The van der Waals surface area contributed by atoms with E-state index in [1.807, 2.05) is 12.1 Å². The summed E-state index contributed by atoms with van der Waals surface area (Å²) >= 11 is 3.37. The highest BCUT2D eigenvalue weighted by Crippen LogP contribution is 2.26. The van der Waals surface area contributed by atoms with Gasteiger partial charge >= 0.3 is 0 Å². The topological polar surface area (TPSA) is 91.3 Å². The van der Waals surface area contributed by atoms with Crippen molar-refractivity contribution in [3.8, 4) is 0 Å². The van der Waals surface area contributed by atoms with Gasteiger partial charge in [-0.3, -0.25) is 0 Å². The van der Waals surface area contributed by atoms with Crippen LogP contribution in [0, 0.1) is 0 Å². The summed E-state index contributed by atoms with van der Waals surface area (Å²) in [4.78, 5) is 2.06. The molecule has 1 atom stereocenters. The summed E-state index contributed by atoms with van der Waals surface area (Å²) in [6.45, 7) is 1.79. The second-order valence-electron chi connectivity index (χ2n) is 4.27. The molecule has 0 aliphatic carbocycles. The molecule has 1 aliphatic rings. The number of rotatable bonds is 3. The molecule has 104 valence electrons. The van der Waals surface area contributed by atoms with Crippen LogP contribution in [0.2, 0.25) is 0 Å². The number of hydrogen-bond acceptors (Lipinski definition) is 5. The van der Waals surface area contributed by atoms with Gasteiger partial charge in [0.15, 0.2) is 5.84 Å². The van der Waals surface area contributed by atoms with Crippen LogP contribution in [0.4, 0.5) is 5.69 Å². The first-order chi connectivity index (χ1) is 9.15. The van der Waals surface area contributed by atoms with E-state index in [1.54, 1.807) is 6.07 Å². The van der Waals surface area contributed by atoms with Gasteiger partial charge in [0.05, 0.1) is 19.3 Å². The summed E-state index contributed by atoms with van der Waals surface area (Å²) in [7, 11) is 0. The number of morpholine rings is 1. The lowest BCUT2D eigenvalue weighted by Crippen LogP contribution is -2.44. The van der Waals surface area contributed by atoms with E-state index < -0.39 is 0 Å². The molecule has 0 saturated carbocycles. The number of nitrogens with zero attached hydrogens (tertiary/aromatic N) is 2. The molecule has 1 fully saturated rings. The fourth-order valence-corrected chi connectivity index (χ4v) is 2.45. The standard InChI is InChI=1S/C12H16BrN3O3/c13-8-1-2-11(10(5-8)12(14)15-18)16-3-4-19-9(6-16)7-17/h1-2,5,9,17-18H,3-4,6-7H2,(H2,14,15). The maximum absolute atomic E-state index is 9.18. The Morgan fingerprint density at radius 2 is 2.37 bits per heavy atom. The monoisotopic (exact) mass is 329 g/mol. The molecule has 0 aromatic heterocycles. The smallest absolute Gasteiger partial charge is 0.172 e. The molecule has 0 spiro atoms. The first-order valence-electron chi connectivity index (χ1n) is 5.90. The zero-order valence-corrected chi connectivity index (χ0v) is 11.9. The van der Waals surface area contributed by atoms with Gasteiger partial charge in [0.25, 0.3) is 0 Å². The first kappa shape index (κ1) is 14.1. The van der Waals surface area contributed by atoms with Crippen LogP contribution in [0.5, 0.6) is 0 Å². The molecule has 1 heterocycles. The van der Waals surface area contributed by atoms with E-state index >= 15 is 0 Å². The van der Waals surface area contributed by atoms with Crippen LogP contribution >= 0.6 is 15.9 Å². The molecule has 0 amide bonds. The fraction of sp³-hybridized carbons (Fsp3) is 0.417. The average molecular weight is 330 g/mol. The molecule has 1 aliphatic heterocycles. The summed E-state index contributed by atoms with van der Waals surface area (Å²) < 4.78 is 6.27. The van der Waals surface area contributed by atoms with E-state index in [1.165, 1.54) is 0 Å². The summed E-state index contributed by atoms with van der Waals surface area (Å²) in [5.41, 5.74) is 7.22. The summed E-state index contributed by atoms with van der Waals surface area (Å²) in [5.74, 6) is 0.0586. The van der Waals surface area contributed by atoms with Gasteiger partial charge < -0.3 is 25.7 Å². The van der Waals surface area contributed by atoms with Gasteiger partial charge in [-0.15, -0.1) is 0 Å². The Hall–Kier alpha value is -1.31. The number of aliphatic hydroxyl groups is 1. The Morgan fingerprint density at radius 1 is 1.58 bits per heavy atom. The predicted octanol–water partition coefficient (Wildman–Crippen LogP) is 0.741. The van der Waals surface area contributed by atoms with E-state index in [0.717, 1.165) is 10.2 Å². The van der Waals surface area contributed by atoms with Crippen LogP contribution in [0.1, 0.15) is 5.56 Å². The van der Waals surface area contributed by atoms with Crippen molar-refractivity contribution in [3.63, 3.8) is 0 Å². The molecule has 7 heteroatoms. The third-order valence-electron chi connectivity index (χ3n) is 3.03. The van der Waals surface area contributed by atoms with Crippen molar-refractivity contribution in [2.24, 2.45) is 10.9 Å². The number of anilines is 1. The van der Waals surface area contributed by atoms with Crippen molar-refractivity contribution in [1.82, 2.24) is 0 Å². The van der Waals surface area contributed by atoms with Crippen molar-refractivity contribution in [1.29, 1.82) is 0 Å². The minimum Gasteiger partial charge on any atom is -0.409 e.